The molecule has 0 fully saturated rings. The van der Waals surface area contributed by atoms with Gasteiger partial charge < -0.3 is 19.5 Å². The van der Waals surface area contributed by atoms with E-state index in [-0.39, 0.29) is 23.5 Å². The van der Waals surface area contributed by atoms with Crippen LogP contribution in [0.25, 0.3) is 0 Å². The summed E-state index contributed by atoms with van der Waals surface area (Å²) < 4.78 is 16.7. The minimum absolute atomic E-state index is 0.128. The van der Waals surface area contributed by atoms with Gasteiger partial charge in [0, 0.05) is 31.5 Å². The van der Waals surface area contributed by atoms with Gasteiger partial charge in [-0.3, -0.25) is 14.4 Å². The van der Waals surface area contributed by atoms with Crippen molar-refractivity contribution in [2.45, 2.75) is 33.4 Å². The van der Waals surface area contributed by atoms with E-state index >= 15 is 0 Å². The lowest BCUT2D eigenvalue weighted by molar-refractivity contribution is -0.135. The minimum atomic E-state index is -0.967. The van der Waals surface area contributed by atoms with Gasteiger partial charge in [-0.1, -0.05) is 19.1 Å². The first-order valence-corrected chi connectivity index (χ1v) is 9.64. The van der Waals surface area contributed by atoms with Crippen LogP contribution in [0.5, 0.6) is 11.5 Å². The van der Waals surface area contributed by atoms with Crippen molar-refractivity contribution in [2.24, 2.45) is 5.10 Å². The van der Waals surface area contributed by atoms with Crippen LogP contribution in [0.1, 0.15) is 44.5 Å². The molecule has 2 aromatic rings. The third-order valence-electron chi connectivity index (χ3n) is 4.42. The molecule has 0 aliphatic carbocycles. The second-order valence-electron chi connectivity index (χ2n) is 6.69. The highest BCUT2D eigenvalue weighted by atomic mass is 16.6. The van der Waals surface area contributed by atoms with Gasteiger partial charge in [0.25, 0.3) is 0 Å². The number of carbonyl (C=O) groups is 3. The minimum Gasteiger partial charge on any atom is -0.493 e. The molecule has 31 heavy (non-hydrogen) atoms. The summed E-state index contributed by atoms with van der Waals surface area (Å²) in [6.07, 6.45) is -0.623. The summed E-state index contributed by atoms with van der Waals surface area (Å²) in [5.41, 5.74) is 1.55. The Labute approximate surface area is 179 Å². The Bertz CT molecular complexity index is 1050. The van der Waals surface area contributed by atoms with Gasteiger partial charge in [-0.05, 0) is 30.3 Å². The van der Waals surface area contributed by atoms with Crippen LogP contribution >= 0.6 is 0 Å². The molecule has 2 aromatic carbocycles. The van der Waals surface area contributed by atoms with Crippen molar-refractivity contribution in [3.8, 4) is 11.5 Å². The Morgan fingerprint density at radius 2 is 1.90 bits per heavy atom. The Balaban J connectivity index is 1.98. The summed E-state index contributed by atoms with van der Waals surface area (Å²) in [7, 11) is 1.45. The third-order valence-corrected chi connectivity index (χ3v) is 4.42. The van der Waals surface area contributed by atoms with Gasteiger partial charge in [-0.15, -0.1) is 5.10 Å². The summed E-state index contributed by atoms with van der Waals surface area (Å²) >= 11 is 0. The first kappa shape index (κ1) is 21.8. The lowest BCUT2D eigenvalue weighted by Gasteiger charge is -2.22. The molecule has 9 heteroatoms. The van der Waals surface area contributed by atoms with Crippen molar-refractivity contribution in [3.63, 3.8) is 0 Å². The highest BCUT2D eigenvalue weighted by Crippen LogP contribution is 2.40. The zero-order valence-electron chi connectivity index (χ0n) is 17.7. The second kappa shape index (κ2) is 9.29. The van der Waals surface area contributed by atoms with E-state index in [1.165, 1.54) is 21.0 Å². The van der Waals surface area contributed by atoms with Gasteiger partial charge in [0.1, 0.15) is 0 Å². The van der Waals surface area contributed by atoms with Gasteiger partial charge >= 0.3 is 5.97 Å². The predicted octanol–water partition coefficient (Wildman–Crippen LogP) is 3.21. The highest BCUT2D eigenvalue weighted by Gasteiger charge is 2.36. The summed E-state index contributed by atoms with van der Waals surface area (Å²) in [6.45, 7) is 4.38. The van der Waals surface area contributed by atoms with E-state index in [1.54, 1.807) is 49.4 Å². The molecule has 162 valence electrons. The van der Waals surface area contributed by atoms with Gasteiger partial charge in [0.05, 0.1) is 12.7 Å². The Morgan fingerprint density at radius 3 is 2.55 bits per heavy atom. The largest absolute Gasteiger partial charge is 0.493 e. The Morgan fingerprint density at radius 1 is 1.16 bits per heavy atom. The average Bonchev–Trinajstić information content (AvgIpc) is 3.19. The Kier molecular flexibility index (Phi) is 6.54. The molecule has 1 aliphatic heterocycles. The van der Waals surface area contributed by atoms with Crippen LogP contribution in [0.15, 0.2) is 47.6 Å². The topological polar surface area (TPSA) is 107 Å². The average molecular weight is 425 g/mol. The van der Waals surface area contributed by atoms with Crippen LogP contribution in [-0.2, 0) is 19.1 Å². The number of carbonyl (C=O) groups excluding carboxylic acids is 3. The monoisotopic (exact) mass is 425 g/mol. The molecule has 1 N–H and O–H groups in total. The van der Waals surface area contributed by atoms with Crippen LogP contribution in [0.2, 0.25) is 0 Å². The molecule has 1 heterocycles. The zero-order valence-corrected chi connectivity index (χ0v) is 17.7. The maximum Gasteiger partial charge on any atom is 0.308 e. The summed E-state index contributed by atoms with van der Waals surface area (Å²) in [5.74, 6) is -0.390. The van der Waals surface area contributed by atoms with E-state index in [1.807, 2.05) is 0 Å². The molecule has 0 aromatic heterocycles. The number of nitrogens with zero attached hydrogens (tertiary/aromatic N) is 2. The van der Waals surface area contributed by atoms with Gasteiger partial charge in [-0.2, -0.15) is 5.01 Å². The quantitative estimate of drug-likeness (QED) is 0.563. The summed E-state index contributed by atoms with van der Waals surface area (Å²) in [6, 6.07) is 11.9. The molecular weight excluding hydrogens is 402 g/mol. The number of methoxy groups -OCH3 is 1. The van der Waals surface area contributed by atoms with Crippen molar-refractivity contribution < 1.29 is 28.6 Å². The molecule has 2 amide bonds. The summed E-state index contributed by atoms with van der Waals surface area (Å²) in [5, 5.41) is 8.25. The van der Waals surface area contributed by atoms with Crippen LogP contribution in [0.4, 0.5) is 5.69 Å². The number of hydrogen-bond acceptors (Lipinski definition) is 7. The third kappa shape index (κ3) is 4.82. The molecule has 1 aliphatic rings. The highest BCUT2D eigenvalue weighted by molar-refractivity contribution is 5.98. The van der Waals surface area contributed by atoms with Gasteiger partial charge in [0.15, 0.2) is 11.5 Å². The molecule has 0 saturated heterocycles. The van der Waals surface area contributed by atoms with Crippen LogP contribution in [0.3, 0.4) is 0 Å². The maximum absolute atomic E-state index is 12.3. The predicted molar refractivity (Wildman–Crippen MR) is 113 cm³/mol. The number of hydrogen-bond donors (Lipinski definition) is 1. The fraction of sp³-hybridized carbons (Fsp3) is 0.273. The molecular formula is C22H23N3O6. The SMILES string of the molecule is CCC(=O)Nc1cccc(C2=NN(C(C)=O)[C@H](c3cccc(OC)c3OC(C)=O)O2)c1. The number of anilines is 1. The molecule has 1 atom stereocenters. The van der Waals surface area contributed by atoms with Crippen LogP contribution in [0, 0.1) is 0 Å². The Hall–Kier alpha value is -3.88. The number of rotatable bonds is 6. The number of hydrazone groups is 1. The number of esters is 1. The molecule has 0 unspecified atom stereocenters. The fourth-order valence-electron chi connectivity index (χ4n) is 3.01. The lowest BCUT2D eigenvalue weighted by Crippen LogP contribution is -2.26. The number of para-hydroxylation sites is 1. The summed E-state index contributed by atoms with van der Waals surface area (Å²) in [4.78, 5) is 35.6. The standard InChI is InChI=1S/C22H23N3O6/c1-5-19(28)23-16-9-6-8-15(12-16)21-24-25(13(2)26)22(31-21)17-10-7-11-18(29-4)20(17)30-14(3)27/h6-12,22H,5H2,1-4H3,(H,23,28)/t22-/m0/s1. The van der Waals surface area contributed by atoms with Crippen molar-refractivity contribution in [1.82, 2.24) is 5.01 Å². The lowest BCUT2D eigenvalue weighted by atomic mass is 10.1. The normalized spacial score (nSPS) is 15.0. The molecule has 3 rings (SSSR count). The zero-order chi connectivity index (χ0) is 22.5. The van der Waals surface area contributed by atoms with Gasteiger partial charge in [-0.25, -0.2) is 0 Å². The second-order valence-corrected chi connectivity index (χ2v) is 6.69. The van der Waals surface area contributed by atoms with Crippen molar-refractivity contribution in [2.75, 3.05) is 12.4 Å². The van der Waals surface area contributed by atoms with Crippen LogP contribution < -0.4 is 14.8 Å². The van der Waals surface area contributed by atoms with E-state index in [2.05, 4.69) is 10.4 Å². The molecule has 0 spiro atoms. The number of amides is 2. The maximum atomic E-state index is 12.3. The van der Waals surface area contributed by atoms with E-state index in [0.717, 1.165) is 5.01 Å². The number of nitrogens with one attached hydrogen (secondary N) is 1. The first-order valence-electron chi connectivity index (χ1n) is 9.64. The van der Waals surface area contributed by atoms with Crippen molar-refractivity contribution in [1.29, 1.82) is 0 Å². The molecule has 9 nitrogen and oxygen atoms in total. The first-order chi connectivity index (χ1) is 14.8. The smallest absolute Gasteiger partial charge is 0.308 e. The van der Waals surface area contributed by atoms with E-state index < -0.39 is 12.2 Å². The van der Waals surface area contributed by atoms with E-state index in [4.69, 9.17) is 14.2 Å². The molecule has 0 radical (unpaired) electrons. The van der Waals surface area contributed by atoms with Crippen molar-refractivity contribution >= 4 is 29.4 Å². The van der Waals surface area contributed by atoms with Crippen molar-refractivity contribution in [3.05, 3.63) is 53.6 Å². The van der Waals surface area contributed by atoms with E-state index in [9.17, 15) is 14.4 Å². The number of benzene rings is 2. The van der Waals surface area contributed by atoms with Crippen LogP contribution in [-0.4, -0.2) is 35.8 Å². The van der Waals surface area contributed by atoms with E-state index in [0.29, 0.717) is 29.0 Å². The molecule has 0 bridgehead atoms. The van der Waals surface area contributed by atoms with Gasteiger partial charge in [0.2, 0.25) is 23.9 Å². The fourth-order valence-corrected chi connectivity index (χ4v) is 3.01. The molecule has 0 saturated carbocycles. The number of ether oxygens (including phenoxy) is 3.